The summed E-state index contributed by atoms with van der Waals surface area (Å²) in [6.45, 7) is 0.270. The third kappa shape index (κ3) is 8.33. The number of nitrogens with one attached hydrogen (secondary N) is 2. The molecule has 1 fully saturated rings. The fourth-order valence-electron chi connectivity index (χ4n) is 4.71. The van der Waals surface area contributed by atoms with Gasteiger partial charge in [-0.3, -0.25) is 14.6 Å². The highest BCUT2D eigenvalue weighted by molar-refractivity contribution is 7.89. The molecule has 222 valence electrons. The van der Waals surface area contributed by atoms with Gasteiger partial charge in [0.05, 0.1) is 17.1 Å². The summed E-state index contributed by atoms with van der Waals surface area (Å²) in [4.78, 5) is 33.6. The first-order chi connectivity index (χ1) is 20.8. The summed E-state index contributed by atoms with van der Waals surface area (Å²) in [5, 5.41) is 2.92. The average Bonchev–Trinajstić information content (AvgIpc) is 3.84. The zero-order valence-corrected chi connectivity index (χ0v) is 24.3. The van der Waals surface area contributed by atoms with Crippen molar-refractivity contribution in [2.24, 2.45) is 0 Å². The van der Waals surface area contributed by atoms with Gasteiger partial charge in [0.2, 0.25) is 21.8 Å². The Morgan fingerprint density at radius 1 is 0.884 bits per heavy atom. The smallest absolute Gasteiger partial charge is 0.247 e. The van der Waals surface area contributed by atoms with Crippen LogP contribution in [0.15, 0.2) is 108 Å². The Morgan fingerprint density at radius 3 is 2.21 bits per heavy atom. The molecule has 8 nitrogen and oxygen atoms in total. The van der Waals surface area contributed by atoms with Crippen LogP contribution in [0.25, 0.3) is 0 Å². The zero-order chi connectivity index (χ0) is 30.2. The topological polar surface area (TPSA) is 108 Å². The lowest BCUT2D eigenvalue weighted by molar-refractivity contribution is -0.141. The molecule has 1 heterocycles. The van der Waals surface area contributed by atoms with Crippen LogP contribution >= 0.6 is 0 Å². The molecule has 10 heteroatoms. The molecule has 0 unspecified atom stereocenters. The van der Waals surface area contributed by atoms with Crippen molar-refractivity contribution >= 4 is 21.8 Å². The molecule has 0 radical (unpaired) electrons. The van der Waals surface area contributed by atoms with E-state index in [-0.39, 0.29) is 42.3 Å². The van der Waals surface area contributed by atoms with Crippen LogP contribution in [0.3, 0.4) is 0 Å². The van der Waals surface area contributed by atoms with E-state index >= 15 is 0 Å². The highest BCUT2D eigenvalue weighted by atomic mass is 32.2. The van der Waals surface area contributed by atoms with E-state index in [1.807, 2.05) is 24.3 Å². The Balaban J connectivity index is 1.37. The molecule has 0 aliphatic heterocycles. The monoisotopic (exact) mass is 600 g/mol. The van der Waals surface area contributed by atoms with Gasteiger partial charge in [0.15, 0.2) is 0 Å². The van der Waals surface area contributed by atoms with Crippen molar-refractivity contribution in [1.29, 1.82) is 0 Å². The lowest BCUT2D eigenvalue weighted by Crippen LogP contribution is -2.43. The lowest BCUT2D eigenvalue weighted by Gasteiger charge is -2.32. The molecule has 3 aromatic carbocycles. The van der Waals surface area contributed by atoms with Gasteiger partial charge in [-0.2, -0.15) is 0 Å². The molecule has 43 heavy (non-hydrogen) atoms. The molecule has 1 aliphatic rings. The molecular weight excluding hydrogens is 567 g/mol. The molecule has 0 spiro atoms. The summed E-state index contributed by atoms with van der Waals surface area (Å²) < 4.78 is 41.4. The number of hydrogen-bond acceptors (Lipinski definition) is 5. The molecule has 1 aliphatic carbocycles. The molecule has 0 saturated heterocycles. The van der Waals surface area contributed by atoms with Gasteiger partial charge < -0.3 is 10.2 Å². The van der Waals surface area contributed by atoms with E-state index in [1.54, 1.807) is 66.9 Å². The van der Waals surface area contributed by atoms with Crippen molar-refractivity contribution in [3.8, 4) is 0 Å². The number of carbonyl (C=O) groups excluding carboxylic acids is 2. The number of halogens is 1. The Labute approximate surface area is 251 Å². The number of rotatable bonds is 13. The van der Waals surface area contributed by atoms with Gasteiger partial charge >= 0.3 is 0 Å². The standard InChI is InChI=1S/C33H33FN4O4S/c34-27-14-9-25(10-15-27)23-38(31(39)20-13-24-11-18-30(19-12-24)43(41,42)37-28-16-17-28)32(26-6-2-1-3-7-26)33(40)36-22-29-8-4-5-21-35-29/h1-12,14-15,18-19,21,28,32,37H,13,16-17,20,22-23H2,(H,36,40)/t32-/m0/s1. The minimum absolute atomic E-state index is 0.00750. The number of aryl methyl sites for hydroxylation is 1. The van der Waals surface area contributed by atoms with Crippen LogP contribution in [0, 0.1) is 5.82 Å². The fraction of sp³-hybridized carbons (Fsp3) is 0.242. The normalized spacial score (nSPS) is 13.7. The maximum Gasteiger partial charge on any atom is 0.247 e. The summed E-state index contributed by atoms with van der Waals surface area (Å²) in [7, 11) is -3.57. The first-order valence-corrected chi connectivity index (χ1v) is 15.6. The van der Waals surface area contributed by atoms with E-state index in [0.717, 1.165) is 18.4 Å². The van der Waals surface area contributed by atoms with E-state index in [4.69, 9.17) is 0 Å². The fourth-order valence-corrected chi connectivity index (χ4v) is 6.02. The Bertz CT molecular complexity index is 1630. The van der Waals surface area contributed by atoms with E-state index in [0.29, 0.717) is 23.2 Å². The Kier molecular flexibility index (Phi) is 9.58. The number of amides is 2. The molecule has 1 aromatic heterocycles. The van der Waals surface area contributed by atoms with Crippen LogP contribution in [0.1, 0.15) is 47.7 Å². The third-order valence-corrected chi connectivity index (χ3v) is 8.73. The van der Waals surface area contributed by atoms with Crippen molar-refractivity contribution in [3.63, 3.8) is 0 Å². The van der Waals surface area contributed by atoms with Gasteiger partial charge in [-0.25, -0.2) is 17.5 Å². The van der Waals surface area contributed by atoms with Crippen LogP contribution in [0.2, 0.25) is 0 Å². The second kappa shape index (κ2) is 13.7. The first-order valence-electron chi connectivity index (χ1n) is 14.2. The van der Waals surface area contributed by atoms with E-state index in [2.05, 4.69) is 15.0 Å². The van der Waals surface area contributed by atoms with Crippen molar-refractivity contribution in [1.82, 2.24) is 19.9 Å². The Hall–Kier alpha value is -4.41. The second-order valence-corrected chi connectivity index (χ2v) is 12.3. The largest absolute Gasteiger partial charge is 0.348 e. The van der Waals surface area contributed by atoms with Crippen molar-refractivity contribution in [3.05, 3.63) is 131 Å². The summed E-state index contributed by atoms with van der Waals surface area (Å²) in [6.07, 6.45) is 3.75. The maximum absolute atomic E-state index is 13.9. The van der Waals surface area contributed by atoms with Gasteiger partial charge in [-0.15, -0.1) is 0 Å². The molecule has 4 aromatic rings. The SMILES string of the molecule is O=C(NCc1ccccn1)[C@H](c1ccccc1)N(Cc1ccc(F)cc1)C(=O)CCc1ccc(S(=O)(=O)NC2CC2)cc1. The van der Waals surface area contributed by atoms with Crippen molar-refractivity contribution in [2.75, 3.05) is 0 Å². The first kappa shape index (κ1) is 30.1. The highest BCUT2D eigenvalue weighted by Crippen LogP contribution is 2.26. The van der Waals surface area contributed by atoms with Crippen LogP contribution in [0.4, 0.5) is 4.39 Å². The van der Waals surface area contributed by atoms with Gasteiger partial charge in [-0.1, -0.05) is 60.7 Å². The molecule has 1 saturated carbocycles. The van der Waals surface area contributed by atoms with Crippen LogP contribution in [-0.4, -0.2) is 36.2 Å². The summed E-state index contributed by atoms with van der Waals surface area (Å²) in [6, 6.07) is 25.8. The number of nitrogens with zero attached hydrogens (tertiary/aromatic N) is 2. The summed E-state index contributed by atoms with van der Waals surface area (Å²) in [5.74, 6) is -1.05. The number of sulfonamides is 1. The van der Waals surface area contributed by atoms with E-state index in [1.165, 1.54) is 17.0 Å². The Morgan fingerprint density at radius 2 is 1.56 bits per heavy atom. The van der Waals surface area contributed by atoms with Gasteiger partial charge in [0.25, 0.3) is 0 Å². The number of hydrogen-bond donors (Lipinski definition) is 2. The van der Waals surface area contributed by atoms with Crippen LogP contribution in [0.5, 0.6) is 0 Å². The number of pyridine rings is 1. The van der Waals surface area contributed by atoms with E-state index in [9.17, 15) is 22.4 Å². The zero-order valence-electron chi connectivity index (χ0n) is 23.5. The van der Waals surface area contributed by atoms with Crippen LogP contribution < -0.4 is 10.0 Å². The molecule has 2 amide bonds. The van der Waals surface area contributed by atoms with Gasteiger partial charge in [0, 0.05) is 25.2 Å². The molecular formula is C33H33FN4O4S. The molecule has 0 bridgehead atoms. The minimum atomic E-state index is -3.57. The number of aromatic nitrogens is 1. The van der Waals surface area contributed by atoms with Gasteiger partial charge in [-0.05, 0) is 72.4 Å². The number of carbonyl (C=O) groups is 2. The van der Waals surface area contributed by atoms with Gasteiger partial charge in [0.1, 0.15) is 11.9 Å². The van der Waals surface area contributed by atoms with Crippen LogP contribution in [-0.2, 0) is 39.1 Å². The minimum Gasteiger partial charge on any atom is -0.348 e. The molecule has 1 atom stereocenters. The molecule has 5 rings (SSSR count). The predicted octanol–water partition coefficient (Wildman–Crippen LogP) is 4.68. The summed E-state index contributed by atoms with van der Waals surface area (Å²) >= 11 is 0. The van der Waals surface area contributed by atoms with Crippen molar-refractivity contribution in [2.45, 2.75) is 55.8 Å². The highest BCUT2D eigenvalue weighted by Gasteiger charge is 2.32. The number of benzene rings is 3. The maximum atomic E-state index is 13.9. The quantitative estimate of drug-likeness (QED) is 0.232. The average molecular weight is 601 g/mol. The third-order valence-electron chi connectivity index (χ3n) is 7.19. The summed E-state index contributed by atoms with van der Waals surface area (Å²) in [5.41, 5.74) is 2.77. The predicted molar refractivity (Wildman–Crippen MR) is 160 cm³/mol. The lowest BCUT2D eigenvalue weighted by atomic mass is 10.0. The van der Waals surface area contributed by atoms with E-state index < -0.39 is 21.9 Å². The van der Waals surface area contributed by atoms with Crippen molar-refractivity contribution < 1.29 is 22.4 Å². The second-order valence-electron chi connectivity index (χ2n) is 10.5. The molecule has 2 N–H and O–H groups in total.